The topological polar surface area (TPSA) is 45.7 Å². The monoisotopic (exact) mass is 379 g/mol. The van der Waals surface area contributed by atoms with E-state index in [2.05, 4.69) is 30.4 Å². The molecule has 0 aliphatic heterocycles. The number of hydrogen-bond acceptors (Lipinski definition) is 1. The minimum atomic E-state index is -0.0191. The van der Waals surface area contributed by atoms with Crippen molar-refractivity contribution in [2.45, 2.75) is 19.4 Å². The first-order valence-corrected chi connectivity index (χ1v) is 9.50. The molecule has 0 aliphatic carbocycles. The minimum absolute atomic E-state index is 0.0191. The quantitative estimate of drug-likeness (QED) is 0.635. The summed E-state index contributed by atoms with van der Waals surface area (Å²) in [5.74, 6) is -0.0191. The maximum absolute atomic E-state index is 12.5. The molecule has 0 spiro atoms. The summed E-state index contributed by atoms with van der Waals surface area (Å²) < 4.78 is 0. The van der Waals surface area contributed by atoms with Crippen molar-refractivity contribution in [3.63, 3.8) is 0 Å². The van der Waals surface area contributed by atoms with Gasteiger partial charge in [-0.15, -0.1) is 0 Å². The van der Waals surface area contributed by atoms with Gasteiger partial charge in [0.25, 0.3) is 5.91 Å². The molecule has 1 amide bonds. The van der Waals surface area contributed by atoms with E-state index in [-0.39, 0.29) is 11.9 Å². The van der Waals surface area contributed by atoms with E-state index in [9.17, 15) is 4.79 Å². The van der Waals surface area contributed by atoms with Crippen LogP contribution >= 0.6 is 11.6 Å². The average Bonchev–Trinajstić information content (AvgIpc) is 2.69. The highest BCUT2D eigenvalue weighted by Gasteiger charge is 2.15. The molecule has 4 heteroatoms. The maximum Gasteiger partial charge on any atom is 0.279 e. The third-order valence-corrected chi connectivity index (χ3v) is 4.93. The molecular formula is C23H24ClN2O+. The van der Waals surface area contributed by atoms with Crippen LogP contribution in [0.5, 0.6) is 0 Å². The molecule has 0 bridgehead atoms. The number of nitrogens with two attached hydrogens (primary N) is 1. The van der Waals surface area contributed by atoms with Crippen molar-refractivity contribution in [3.05, 3.63) is 101 Å². The number of hydrogen-bond donors (Lipinski definition) is 2. The Bertz CT molecular complexity index is 896. The van der Waals surface area contributed by atoms with Gasteiger partial charge in [-0.2, -0.15) is 0 Å². The van der Waals surface area contributed by atoms with Gasteiger partial charge in [0.05, 0.1) is 0 Å². The van der Waals surface area contributed by atoms with Crippen molar-refractivity contribution < 1.29 is 10.1 Å². The van der Waals surface area contributed by atoms with Crippen molar-refractivity contribution in [1.82, 2.24) is 0 Å². The fourth-order valence-electron chi connectivity index (χ4n) is 3.07. The van der Waals surface area contributed by atoms with Crippen molar-refractivity contribution in [2.75, 3.05) is 11.9 Å². The summed E-state index contributed by atoms with van der Waals surface area (Å²) in [4.78, 5) is 12.5. The highest BCUT2D eigenvalue weighted by molar-refractivity contribution is 6.31. The second kappa shape index (κ2) is 9.36. The van der Waals surface area contributed by atoms with Gasteiger partial charge in [-0.1, -0.05) is 78.3 Å². The highest BCUT2D eigenvalue weighted by atomic mass is 35.5. The first-order valence-electron chi connectivity index (χ1n) is 9.13. The lowest BCUT2D eigenvalue weighted by Crippen LogP contribution is -2.86. The van der Waals surface area contributed by atoms with Gasteiger partial charge in [-0.3, -0.25) is 4.79 Å². The third-order valence-electron chi connectivity index (χ3n) is 4.58. The van der Waals surface area contributed by atoms with Gasteiger partial charge in [0, 0.05) is 16.3 Å². The number of quaternary nitrogens is 1. The Hall–Kier alpha value is -2.62. The first kappa shape index (κ1) is 19.2. The molecule has 0 radical (unpaired) electrons. The lowest BCUT2D eigenvalue weighted by molar-refractivity contribution is -0.682. The normalized spacial score (nSPS) is 11.8. The maximum atomic E-state index is 12.5. The highest BCUT2D eigenvalue weighted by Crippen LogP contribution is 2.20. The molecule has 1 atom stereocenters. The molecule has 0 heterocycles. The zero-order valence-electron chi connectivity index (χ0n) is 15.4. The van der Waals surface area contributed by atoms with Crippen LogP contribution in [0.4, 0.5) is 5.69 Å². The van der Waals surface area contributed by atoms with E-state index in [1.165, 1.54) is 5.56 Å². The van der Waals surface area contributed by atoms with E-state index in [4.69, 9.17) is 11.6 Å². The van der Waals surface area contributed by atoms with Gasteiger partial charge in [0.15, 0.2) is 6.54 Å². The second-order valence-electron chi connectivity index (χ2n) is 6.62. The van der Waals surface area contributed by atoms with E-state index in [1.807, 2.05) is 66.0 Å². The van der Waals surface area contributed by atoms with Crippen LogP contribution in [0.3, 0.4) is 0 Å². The Morgan fingerprint density at radius 1 is 0.963 bits per heavy atom. The van der Waals surface area contributed by atoms with E-state index >= 15 is 0 Å². The van der Waals surface area contributed by atoms with Crippen molar-refractivity contribution >= 4 is 23.2 Å². The Labute approximate surface area is 165 Å². The van der Waals surface area contributed by atoms with Crippen LogP contribution in [0.2, 0.25) is 5.02 Å². The van der Waals surface area contributed by atoms with E-state index in [0.717, 1.165) is 28.3 Å². The summed E-state index contributed by atoms with van der Waals surface area (Å²) in [6.07, 6.45) is 0.789. The Morgan fingerprint density at radius 3 is 2.41 bits per heavy atom. The Balaban J connectivity index is 1.60. The number of benzene rings is 3. The molecular weight excluding hydrogens is 356 g/mol. The van der Waals surface area contributed by atoms with Crippen LogP contribution in [-0.2, 0) is 11.2 Å². The average molecular weight is 380 g/mol. The Kier molecular flexibility index (Phi) is 6.64. The van der Waals surface area contributed by atoms with Gasteiger partial charge in [-0.25, -0.2) is 0 Å². The van der Waals surface area contributed by atoms with Gasteiger partial charge in [0.2, 0.25) is 0 Å². The predicted molar refractivity (Wildman–Crippen MR) is 111 cm³/mol. The van der Waals surface area contributed by atoms with Gasteiger partial charge in [0.1, 0.15) is 6.04 Å². The molecule has 0 aliphatic rings. The molecule has 27 heavy (non-hydrogen) atoms. The van der Waals surface area contributed by atoms with Gasteiger partial charge >= 0.3 is 0 Å². The number of halogens is 1. The van der Waals surface area contributed by atoms with E-state index in [0.29, 0.717) is 6.54 Å². The van der Waals surface area contributed by atoms with Crippen molar-refractivity contribution in [3.8, 4) is 0 Å². The summed E-state index contributed by atoms with van der Waals surface area (Å²) in [5, 5.41) is 5.78. The summed E-state index contributed by atoms with van der Waals surface area (Å²) in [6.45, 7) is 2.39. The van der Waals surface area contributed by atoms with Crippen molar-refractivity contribution in [1.29, 1.82) is 0 Å². The number of carbonyl (C=O) groups excluding carboxylic acids is 1. The van der Waals surface area contributed by atoms with Crippen molar-refractivity contribution in [2.24, 2.45) is 0 Å². The summed E-state index contributed by atoms with van der Waals surface area (Å²) in [6, 6.07) is 26.1. The molecule has 3 N–H and O–H groups in total. The summed E-state index contributed by atoms with van der Waals surface area (Å²) >= 11 is 6.24. The van der Waals surface area contributed by atoms with E-state index < -0.39 is 0 Å². The lowest BCUT2D eigenvalue weighted by Gasteiger charge is -2.14. The molecule has 0 saturated carbocycles. The fraction of sp³-hybridized carbons (Fsp3) is 0.174. The molecule has 0 saturated heterocycles. The zero-order valence-corrected chi connectivity index (χ0v) is 16.1. The van der Waals surface area contributed by atoms with Crippen LogP contribution in [0.15, 0.2) is 78.9 Å². The van der Waals surface area contributed by atoms with Crippen LogP contribution in [0.1, 0.15) is 29.7 Å². The molecule has 0 unspecified atom stereocenters. The number of para-hydroxylation sites is 1. The molecule has 0 fully saturated rings. The number of nitrogens with one attached hydrogen (secondary N) is 1. The van der Waals surface area contributed by atoms with Crippen LogP contribution in [0.25, 0.3) is 0 Å². The SMILES string of the molecule is C[C@H]([NH2+]CC(=O)Nc1ccccc1Cc1ccccc1)c1ccccc1Cl. The van der Waals surface area contributed by atoms with Crippen LogP contribution in [0, 0.1) is 0 Å². The zero-order chi connectivity index (χ0) is 19.1. The first-order chi connectivity index (χ1) is 13.1. The molecule has 3 rings (SSSR count). The number of anilines is 1. The van der Waals surface area contributed by atoms with Gasteiger partial charge in [-0.05, 0) is 36.6 Å². The number of rotatable bonds is 7. The predicted octanol–water partition coefficient (Wildman–Crippen LogP) is 4.19. The summed E-state index contributed by atoms with van der Waals surface area (Å²) in [5.41, 5.74) is 4.23. The molecule has 138 valence electrons. The largest absolute Gasteiger partial charge is 0.332 e. The standard InChI is InChI=1S/C23H23ClN2O/c1-17(20-12-6-7-13-21(20)24)25-16-23(27)26-22-14-8-5-11-19(22)15-18-9-3-2-4-10-18/h2-14,17,25H,15-16H2,1H3,(H,26,27)/p+1/t17-/m0/s1. The number of carbonyl (C=O) groups is 1. The smallest absolute Gasteiger partial charge is 0.279 e. The minimum Gasteiger partial charge on any atom is -0.332 e. The summed E-state index contributed by atoms with van der Waals surface area (Å²) in [7, 11) is 0. The second-order valence-corrected chi connectivity index (χ2v) is 7.02. The third kappa shape index (κ3) is 5.43. The molecule has 3 aromatic carbocycles. The lowest BCUT2D eigenvalue weighted by atomic mass is 10.0. The van der Waals surface area contributed by atoms with E-state index in [1.54, 1.807) is 0 Å². The number of amides is 1. The Morgan fingerprint density at radius 2 is 1.63 bits per heavy atom. The van der Waals surface area contributed by atoms with Gasteiger partial charge < -0.3 is 10.6 Å². The molecule has 3 nitrogen and oxygen atoms in total. The molecule has 3 aromatic rings. The van der Waals surface area contributed by atoms with Crippen LogP contribution in [-0.4, -0.2) is 12.5 Å². The molecule has 0 aromatic heterocycles. The van der Waals surface area contributed by atoms with Crippen LogP contribution < -0.4 is 10.6 Å². The fourth-order valence-corrected chi connectivity index (χ4v) is 3.38.